The van der Waals surface area contributed by atoms with Gasteiger partial charge in [-0.15, -0.1) is 0 Å². The van der Waals surface area contributed by atoms with Gasteiger partial charge in [-0.1, -0.05) is 15.9 Å². The molecule has 0 radical (unpaired) electrons. The number of ether oxygens (including phenoxy) is 1. The molecule has 3 nitrogen and oxygen atoms in total. The summed E-state index contributed by atoms with van der Waals surface area (Å²) in [6.45, 7) is 0. The average molecular weight is 287 g/mol. The Morgan fingerprint density at radius 2 is 1.88 bits per heavy atom. The van der Waals surface area contributed by atoms with Gasteiger partial charge in [0, 0.05) is 10.4 Å². The second kappa shape index (κ2) is 4.33. The maximum absolute atomic E-state index is 13.5. The summed E-state index contributed by atoms with van der Waals surface area (Å²) in [6.07, 6.45) is 0.0816. The van der Waals surface area contributed by atoms with Gasteiger partial charge in [0.05, 0.1) is 12.8 Å². The minimum absolute atomic E-state index is 0.0408. The summed E-state index contributed by atoms with van der Waals surface area (Å²) in [4.78, 5) is 22.2. The minimum Gasteiger partial charge on any atom is -0.393 e. The van der Waals surface area contributed by atoms with Crippen molar-refractivity contribution in [2.45, 2.75) is 18.8 Å². The summed E-state index contributed by atoms with van der Waals surface area (Å²) >= 11 is 3.23. The highest BCUT2D eigenvalue weighted by molar-refractivity contribution is 9.10. The number of rotatable bonds is 1. The van der Waals surface area contributed by atoms with E-state index < -0.39 is 23.7 Å². The molecular formula is C11H8BrFO3. The standard InChI is InChI=1S/C11H8BrFO3/c12-7-1-2-9(13)8(5-7)6-3-10(14)16-11(15)4-6/h1-2,5-6H,3-4H2. The van der Waals surface area contributed by atoms with Crippen molar-refractivity contribution in [2.24, 2.45) is 0 Å². The van der Waals surface area contributed by atoms with Crippen LogP contribution in [0.1, 0.15) is 24.3 Å². The van der Waals surface area contributed by atoms with E-state index in [0.717, 1.165) is 4.47 Å². The molecule has 0 unspecified atom stereocenters. The molecule has 1 aliphatic heterocycles. The molecule has 84 valence electrons. The third kappa shape index (κ3) is 2.29. The molecule has 5 heteroatoms. The van der Waals surface area contributed by atoms with Crippen molar-refractivity contribution in [1.82, 2.24) is 0 Å². The van der Waals surface area contributed by atoms with E-state index in [1.54, 1.807) is 12.1 Å². The van der Waals surface area contributed by atoms with E-state index in [1.807, 2.05) is 0 Å². The molecule has 0 aliphatic carbocycles. The van der Waals surface area contributed by atoms with Gasteiger partial charge < -0.3 is 4.74 Å². The van der Waals surface area contributed by atoms with Crippen LogP contribution >= 0.6 is 15.9 Å². The molecule has 1 aromatic rings. The van der Waals surface area contributed by atoms with Crippen LogP contribution in [0.3, 0.4) is 0 Å². The van der Waals surface area contributed by atoms with Crippen molar-refractivity contribution < 1.29 is 18.7 Å². The average Bonchev–Trinajstić information content (AvgIpc) is 2.20. The van der Waals surface area contributed by atoms with Gasteiger partial charge in [-0.3, -0.25) is 9.59 Å². The molecule has 2 rings (SSSR count). The molecule has 0 spiro atoms. The van der Waals surface area contributed by atoms with Crippen molar-refractivity contribution in [3.05, 3.63) is 34.1 Å². The van der Waals surface area contributed by atoms with Crippen molar-refractivity contribution >= 4 is 27.9 Å². The predicted octanol–water partition coefficient (Wildman–Crippen LogP) is 2.54. The van der Waals surface area contributed by atoms with E-state index >= 15 is 0 Å². The fourth-order valence-electron chi connectivity index (χ4n) is 1.73. The molecule has 0 saturated carbocycles. The number of cyclic esters (lactones) is 2. The van der Waals surface area contributed by atoms with Gasteiger partial charge in [0.2, 0.25) is 0 Å². The molecule has 1 heterocycles. The number of halogens is 2. The monoisotopic (exact) mass is 286 g/mol. The Morgan fingerprint density at radius 1 is 1.25 bits per heavy atom. The van der Waals surface area contributed by atoms with Gasteiger partial charge >= 0.3 is 11.9 Å². The lowest BCUT2D eigenvalue weighted by molar-refractivity contribution is -0.163. The van der Waals surface area contributed by atoms with Gasteiger partial charge in [0.25, 0.3) is 0 Å². The zero-order chi connectivity index (χ0) is 11.7. The summed E-state index contributed by atoms with van der Waals surface area (Å²) in [5, 5.41) is 0. The molecule has 0 atom stereocenters. The normalized spacial score (nSPS) is 17.4. The predicted molar refractivity (Wildman–Crippen MR) is 57.2 cm³/mol. The van der Waals surface area contributed by atoms with Crippen molar-refractivity contribution in [3.63, 3.8) is 0 Å². The number of hydrogen-bond acceptors (Lipinski definition) is 3. The number of esters is 2. The molecule has 0 amide bonds. The lowest BCUT2D eigenvalue weighted by Crippen LogP contribution is -2.24. The minimum atomic E-state index is -0.597. The summed E-state index contributed by atoms with van der Waals surface area (Å²) < 4.78 is 18.6. The summed E-state index contributed by atoms with van der Waals surface area (Å²) in [5.74, 6) is -2.02. The first-order valence-corrected chi connectivity index (χ1v) is 5.54. The highest BCUT2D eigenvalue weighted by atomic mass is 79.9. The molecular weight excluding hydrogens is 279 g/mol. The largest absolute Gasteiger partial charge is 0.393 e. The van der Waals surface area contributed by atoms with Crippen molar-refractivity contribution in [3.8, 4) is 0 Å². The van der Waals surface area contributed by atoms with Crippen LogP contribution in [-0.4, -0.2) is 11.9 Å². The van der Waals surface area contributed by atoms with Crippen LogP contribution in [0, 0.1) is 5.82 Å². The topological polar surface area (TPSA) is 43.4 Å². The third-order valence-electron chi connectivity index (χ3n) is 2.45. The van der Waals surface area contributed by atoms with Gasteiger partial charge in [-0.25, -0.2) is 4.39 Å². The first-order valence-electron chi connectivity index (χ1n) is 4.74. The maximum atomic E-state index is 13.5. The second-order valence-electron chi connectivity index (χ2n) is 3.62. The lowest BCUT2D eigenvalue weighted by atomic mass is 9.91. The quantitative estimate of drug-likeness (QED) is 0.589. The fourth-order valence-corrected chi connectivity index (χ4v) is 2.11. The third-order valence-corrected chi connectivity index (χ3v) is 2.94. The summed E-state index contributed by atoms with van der Waals surface area (Å²) in [7, 11) is 0. The zero-order valence-electron chi connectivity index (χ0n) is 8.20. The molecule has 1 saturated heterocycles. The molecule has 0 bridgehead atoms. The Morgan fingerprint density at radius 3 is 2.50 bits per heavy atom. The Balaban J connectivity index is 2.32. The first kappa shape index (κ1) is 11.3. The molecule has 1 aromatic carbocycles. The van der Waals surface area contributed by atoms with Gasteiger partial charge in [-0.05, 0) is 23.8 Å². The van der Waals surface area contributed by atoms with Crippen LogP contribution < -0.4 is 0 Å². The van der Waals surface area contributed by atoms with E-state index in [1.165, 1.54) is 6.07 Å². The Labute approximate surface area is 99.7 Å². The number of hydrogen-bond donors (Lipinski definition) is 0. The smallest absolute Gasteiger partial charge is 0.314 e. The molecule has 16 heavy (non-hydrogen) atoms. The fraction of sp³-hybridized carbons (Fsp3) is 0.273. The molecule has 0 N–H and O–H groups in total. The van der Waals surface area contributed by atoms with Crippen LogP contribution in [0.4, 0.5) is 4.39 Å². The second-order valence-corrected chi connectivity index (χ2v) is 4.53. The number of carbonyl (C=O) groups excluding carboxylic acids is 2. The SMILES string of the molecule is O=C1CC(c2cc(Br)ccc2F)CC(=O)O1. The zero-order valence-corrected chi connectivity index (χ0v) is 9.79. The van der Waals surface area contributed by atoms with Crippen LogP contribution in [0.15, 0.2) is 22.7 Å². The summed E-state index contributed by atoms with van der Waals surface area (Å²) in [5.41, 5.74) is 0.374. The molecule has 1 fully saturated rings. The first-order chi connectivity index (χ1) is 7.56. The van der Waals surface area contributed by atoms with Crippen molar-refractivity contribution in [2.75, 3.05) is 0 Å². The van der Waals surface area contributed by atoms with Crippen LogP contribution in [0.5, 0.6) is 0 Å². The number of benzene rings is 1. The molecule has 1 aliphatic rings. The highest BCUT2D eigenvalue weighted by Gasteiger charge is 2.29. The lowest BCUT2D eigenvalue weighted by Gasteiger charge is -2.20. The van der Waals surface area contributed by atoms with E-state index in [-0.39, 0.29) is 12.8 Å². The highest BCUT2D eigenvalue weighted by Crippen LogP contribution is 2.31. The van der Waals surface area contributed by atoms with E-state index in [2.05, 4.69) is 20.7 Å². The maximum Gasteiger partial charge on any atom is 0.314 e. The van der Waals surface area contributed by atoms with Crippen LogP contribution in [-0.2, 0) is 14.3 Å². The van der Waals surface area contributed by atoms with E-state index in [4.69, 9.17) is 0 Å². The Hall–Kier alpha value is -1.23. The van der Waals surface area contributed by atoms with Gasteiger partial charge in [0.1, 0.15) is 5.82 Å². The Bertz CT molecular complexity index is 443. The van der Waals surface area contributed by atoms with Crippen LogP contribution in [0.2, 0.25) is 0 Å². The summed E-state index contributed by atoms with van der Waals surface area (Å²) in [6, 6.07) is 4.47. The van der Waals surface area contributed by atoms with Gasteiger partial charge in [0.15, 0.2) is 0 Å². The number of carbonyl (C=O) groups is 2. The van der Waals surface area contributed by atoms with E-state index in [9.17, 15) is 14.0 Å². The van der Waals surface area contributed by atoms with E-state index in [0.29, 0.717) is 5.56 Å². The van der Waals surface area contributed by atoms with Crippen molar-refractivity contribution in [1.29, 1.82) is 0 Å². The van der Waals surface area contributed by atoms with Gasteiger partial charge in [-0.2, -0.15) is 0 Å². The Kier molecular flexibility index (Phi) is 3.05. The molecule has 0 aromatic heterocycles. The van der Waals surface area contributed by atoms with Crippen LogP contribution in [0.25, 0.3) is 0 Å².